The molecule has 3 aromatic carbocycles. The Hall–Kier alpha value is -2.05. The van der Waals surface area contributed by atoms with Crippen molar-refractivity contribution in [3.8, 4) is 0 Å². The lowest BCUT2D eigenvalue weighted by Crippen LogP contribution is -2.02. The summed E-state index contributed by atoms with van der Waals surface area (Å²) in [7, 11) is 0. The predicted molar refractivity (Wildman–Crippen MR) is 85.3 cm³/mol. The van der Waals surface area contributed by atoms with Gasteiger partial charge < -0.3 is 0 Å². The van der Waals surface area contributed by atoms with Crippen LogP contribution in [0.5, 0.6) is 0 Å². The largest absolute Gasteiger partial charge is 0.0843 e. The molecule has 0 bridgehead atoms. The van der Waals surface area contributed by atoms with E-state index in [0.717, 1.165) is 5.02 Å². The van der Waals surface area contributed by atoms with Gasteiger partial charge in [0.25, 0.3) is 0 Å². The van der Waals surface area contributed by atoms with E-state index in [1.54, 1.807) is 0 Å². The molecule has 98 valence electrons. The smallest absolute Gasteiger partial charge is 0.0409 e. The number of hydrogen-bond acceptors (Lipinski definition) is 0. The van der Waals surface area contributed by atoms with Crippen molar-refractivity contribution >= 4 is 11.6 Å². The van der Waals surface area contributed by atoms with Crippen LogP contribution in [0.15, 0.2) is 84.9 Å². The Morgan fingerprint density at radius 3 is 1.55 bits per heavy atom. The monoisotopic (exact) mass is 278 g/mol. The lowest BCUT2D eigenvalue weighted by atomic mass is 9.85. The zero-order valence-corrected chi connectivity index (χ0v) is 11.8. The topological polar surface area (TPSA) is 0 Å². The minimum Gasteiger partial charge on any atom is -0.0843 e. The standard InChI is InChI=1S/C19H15Cl/c20-18-13-7-12-17(14-18)19(15-8-3-1-4-9-15)16-10-5-2-6-11-16/h1-14,19H. The van der Waals surface area contributed by atoms with Crippen molar-refractivity contribution in [1.82, 2.24) is 0 Å². The van der Waals surface area contributed by atoms with Crippen LogP contribution in [0.1, 0.15) is 22.6 Å². The van der Waals surface area contributed by atoms with Crippen molar-refractivity contribution in [2.45, 2.75) is 5.92 Å². The normalized spacial score (nSPS) is 10.7. The molecule has 0 aliphatic rings. The molecule has 20 heavy (non-hydrogen) atoms. The third-order valence-corrected chi connectivity index (χ3v) is 3.68. The molecule has 3 rings (SSSR count). The number of halogens is 1. The molecule has 3 aromatic rings. The van der Waals surface area contributed by atoms with Gasteiger partial charge in [-0.25, -0.2) is 0 Å². The minimum atomic E-state index is 0.219. The van der Waals surface area contributed by atoms with Crippen LogP contribution in [0, 0.1) is 0 Å². The number of hydrogen-bond donors (Lipinski definition) is 0. The first kappa shape index (κ1) is 13.0. The van der Waals surface area contributed by atoms with E-state index in [0.29, 0.717) is 0 Å². The van der Waals surface area contributed by atoms with E-state index in [9.17, 15) is 0 Å². The molecular weight excluding hydrogens is 264 g/mol. The second-order valence-corrected chi connectivity index (χ2v) is 5.25. The summed E-state index contributed by atoms with van der Waals surface area (Å²) in [5.74, 6) is 0.219. The molecule has 0 saturated carbocycles. The highest BCUT2D eigenvalue weighted by Crippen LogP contribution is 2.32. The first-order valence-electron chi connectivity index (χ1n) is 6.70. The fourth-order valence-corrected chi connectivity index (χ4v) is 2.75. The second-order valence-electron chi connectivity index (χ2n) is 4.81. The van der Waals surface area contributed by atoms with Crippen molar-refractivity contribution < 1.29 is 0 Å². The van der Waals surface area contributed by atoms with Gasteiger partial charge in [-0.05, 0) is 28.8 Å². The van der Waals surface area contributed by atoms with Crippen LogP contribution in [-0.4, -0.2) is 0 Å². The third kappa shape index (κ3) is 2.76. The van der Waals surface area contributed by atoms with Gasteiger partial charge in [0.1, 0.15) is 0 Å². The highest BCUT2D eigenvalue weighted by molar-refractivity contribution is 6.30. The van der Waals surface area contributed by atoms with Gasteiger partial charge in [0.15, 0.2) is 0 Å². The lowest BCUT2D eigenvalue weighted by Gasteiger charge is -2.19. The summed E-state index contributed by atoms with van der Waals surface area (Å²) in [4.78, 5) is 0. The predicted octanol–water partition coefficient (Wildman–Crippen LogP) is 5.52. The first-order chi connectivity index (χ1) is 9.84. The Morgan fingerprint density at radius 2 is 1.05 bits per heavy atom. The van der Waals surface area contributed by atoms with Crippen LogP contribution < -0.4 is 0 Å². The molecule has 0 saturated heterocycles. The zero-order chi connectivity index (χ0) is 13.8. The quantitative estimate of drug-likeness (QED) is 0.553. The zero-order valence-electron chi connectivity index (χ0n) is 11.0. The third-order valence-electron chi connectivity index (χ3n) is 3.45. The van der Waals surface area contributed by atoms with Crippen molar-refractivity contribution in [3.63, 3.8) is 0 Å². The van der Waals surface area contributed by atoms with Crippen LogP contribution in [-0.2, 0) is 0 Å². The Labute approximate surface area is 124 Å². The average molecular weight is 279 g/mol. The Bertz CT molecular complexity index is 635. The van der Waals surface area contributed by atoms with E-state index < -0.39 is 0 Å². The van der Waals surface area contributed by atoms with Gasteiger partial charge >= 0.3 is 0 Å². The summed E-state index contributed by atoms with van der Waals surface area (Å²) in [5, 5.41) is 0.777. The summed E-state index contributed by atoms with van der Waals surface area (Å²) >= 11 is 6.16. The summed E-state index contributed by atoms with van der Waals surface area (Å²) in [6.07, 6.45) is 0. The molecule has 1 heteroatoms. The van der Waals surface area contributed by atoms with Gasteiger partial charge in [-0.2, -0.15) is 0 Å². The molecular formula is C19H15Cl. The van der Waals surface area contributed by atoms with E-state index in [-0.39, 0.29) is 5.92 Å². The van der Waals surface area contributed by atoms with Crippen molar-refractivity contribution in [2.24, 2.45) is 0 Å². The van der Waals surface area contributed by atoms with Crippen molar-refractivity contribution in [3.05, 3.63) is 107 Å². The van der Waals surface area contributed by atoms with Gasteiger partial charge in [0, 0.05) is 10.9 Å². The van der Waals surface area contributed by atoms with E-state index >= 15 is 0 Å². The van der Waals surface area contributed by atoms with E-state index in [1.165, 1.54) is 16.7 Å². The molecule has 0 aliphatic carbocycles. The van der Waals surface area contributed by atoms with Crippen LogP contribution >= 0.6 is 11.6 Å². The second kappa shape index (κ2) is 5.94. The van der Waals surface area contributed by atoms with Crippen LogP contribution in [0.4, 0.5) is 0 Å². The Morgan fingerprint density at radius 1 is 0.550 bits per heavy atom. The summed E-state index contributed by atoms with van der Waals surface area (Å²) in [5.41, 5.74) is 3.77. The maximum atomic E-state index is 6.16. The molecule has 0 fully saturated rings. The van der Waals surface area contributed by atoms with Crippen molar-refractivity contribution in [1.29, 1.82) is 0 Å². The molecule has 0 nitrogen and oxygen atoms in total. The highest BCUT2D eigenvalue weighted by Gasteiger charge is 2.16. The molecule has 0 aliphatic heterocycles. The maximum Gasteiger partial charge on any atom is 0.0409 e. The highest BCUT2D eigenvalue weighted by atomic mass is 35.5. The van der Waals surface area contributed by atoms with Crippen molar-refractivity contribution in [2.75, 3.05) is 0 Å². The van der Waals surface area contributed by atoms with Gasteiger partial charge in [-0.3, -0.25) is 0 Å². The first-order valence-corrected chi connectivity index (χ1v) is 7.08. The molecule has 0 unspecified atom stereocenters. The van der Waals surface area contributed by atoms with E-state index in [1.807, 2.05) is 30.3 Å². The molecule has 0 atom stereocenters. The molecule has 0 amide bonds. The molecule has 0 spiro atoms. The molecule has 0 radical (unpaired) electrons. The minimum absolute atomic E-state index is 0.219. The Balaban J connectivity index is 2.14. The van der Waals surface area contributed by atoms with Crippen LogP contribution in [0.2, 0.25) is 5.02 Å². The lowest BCUT2D eigenvalue weighted by molar-refractivity contribution is 0.977. The Kier molecular flexibility index (Phi) is 3.85. The van der Waals surface area contributed by atoms with Crippen LogP contribution in [0.3, 0.4) is 0 Å². The van der Waals surface area contributed by atoms with E-state index in [2.05, 4.69) is 54.6 Å². The average Bonchev–Trinajstić information content (AvgIpc) is 2.50. The molecule has 0 N–H and O–H groups in total. The van der Waals surface area contributed by atoms with E-state index in [4.69, 9.17) is 11.6 Å². The molecule has 0 aromatic heterocycles. The summed E-state index contributed by atoms with van der Waals surface area (Å²) in [6, 6.07) is 29.2. The van der Waals surface area contributed by atoms with Gasteiger partial charge in [-0.15, -0.1) is 0 Å². The SMILES string of the molecule is Clc1cccc(C(c2ccccc2)c2ccccc2)c1. The van der Waals surface area contributed by atoms with Crippen LogP contribution in [0.25, 0.3) is 0 Å². The molecule has 0 heterocycles. The van der Waals surface area contributed by atoms with Gasteiger partial charge in [0.2, 0.25) is 0 Å². The fraction of sp³-hybridized carbons (Fsp3) is 0.0526. The number of rotatable bonds is 3. The summed E-state index contributed by atoms with van der Waals surface area (Å²) in [6.45, 7) is 0. The maximum absolute atomic E-state index is 6.16. The number of benzene rings is 3. The van der Waals surface area contributed by atoms with Gasteiger partial charge in [-0.1, -0.05) is 84.4 Å². The fourth-order valence-electron chi connectivity index (χ4n) is 2.55. The summed E-state index contributed by atoms with van der Waals surface area (Å²) < 4.78 is 0. The van der Waals surface area contributed by atoms with Gasteiger partial charge in [0.05, 0.1) is 0 Å².